The molecule has 0 amide bonds. The number of aryl methyl sites for hydroxylation is 2. The van der Waals surface area contributed by atoms with Crippen molar-refractivity contribution in [3.8, 4) is 0 Å². The van der Waals surface area contributed by atoms with Crippen LogP contribution < -0.4 is 5.73 Å². The average Bonchev–Trinajstić information content (AvgIpc) is 2.23. The Kier molecular flexibility index (Phi) is 5.40. The van der Waals surface area contributed by atoms with E-state index in [4.69, 9.17) is 5.73 Å². The molecule has 0 atom stereocenters. The third-order valence-electron chi connectivity index (χ3n) is 2.74. The van der Waals surface area contributed by atoms with Crippen LogP contribution in [0.25, 0.3) is 0 Å². The van der Waals surface area contributed by atoms with Gasteiger partial charge < -0.3 is 5.73 Å². The largest absolute Gasteiger partial charge is 0.330 e. The Bertz CT molecular complexity index is 343. The van der Waals surface area contributed by atoms with Crippen molar-refractivity contribution in [2.45, 2.75) is 45.7 Å². The van der Waals surface area contributed by atoms with Crippen molar-refractivity contribution in [3.63, 3.8) is 0 Å². The maximum Gasteiger partial charge on any atom is 0.187 e. The van der Waals surface area contributed by atoms with Gasteiger partial charge in [-0.1, -0.05) is 25.6 Å². The van der Waals surface area contributed by atoms with E-state index >= 15 is 0 Å². The van der Waals surface area contributed by atoms with Gasteiger partial charge in [0.15, 0.2) is 5.16 Å². The van der Waals surface area contributed by atoms with Crippen molar-refractivity contribution in [2.75, 3.05) is 12.3 Å². The van der Waals surface area contributed by atoms with Crippen molar-refractivity contribution in [3.05, 3.63) is 17.5 Å². The van der Waals surface area contributed by atoms with Crippen LogP contribution in [0.2, 0.25) is 0 Å². The molecule has 4 heteroatoms. The summed E-state index contributed by atoms with van der Waals surface area (Å²) >= 11 is 1.74. The number of hydrogen-bond acceptors (Lipinski definition) is 4. The van der Waals surface area contributed by atoms with E-state index in [0.29, 0.717) is 0 Å². The zero-order valence-corrected chi connectivity index (χ0v) is 12.1. The van der Waals surface area contributed by atoms with Crippen LogP contribution in [-0.2, 0) is 0 Å². The summed E-state index contributed by atoms with van der Waals surface area (Å²) in [5, 5.41) is 0.896. The quantitative estimate of drug-likeness (QED) is 0.481. The molecular formula is C13H23N3S. The summed E-state index contributed by atoms with van der Waals surface area (Å²) in [6.07, 6.45) is 2.31. The molecule has 0 bridgehead atoms. The molecule has 0 aliphatic rings. The molecule has 0 radical (unpaired) electrons. The second kappa shape index (κ2) is 6.36. The number of rotatable bonds is 6. The topological polar surface area (TPSA) is 51.8 Å². The molecule has 1 heterocycles. The Balaban J connectivity index is 2.36. The molecule has 0 saturated carbocycles. The van der Waals surface area contributed by atoms with Gasteiger partial charge in [0.25, 0.3) is 0 Å². The molecule has 0 unspecified atom stereocenters. The molecule has 0 fully saturated rings. The average molecular weight is 253 g/mol. The first-order chi connectivity index (χ1) is 7.93. The summed E-state index contributed by atoms with van der Waals surface area (Å²) in [4.78, 5) is 8.83. The fraction of sp³-hybridized carbons (Fsp3) is 0.692. The van der Waals surface area contributed by atoms with Gasteiger partial charge in [-0.3, -0.25) is 0 Å². The van der Waals surface area contributed by atoms with Crippen LogP contribution in [0, 0.1) is 19.3 Å². The molecule has 1 aromatic rings. The predicted molar refractivity (Wildman–Crippen MR) is 74.3 cm³/mol. The summed E-state index contributed by atoms with van der Waals surface area (Å²) in [7, 11) is 0. The van der Waals surface area contributed by atoms with Crippen molar-refractivity contribution < 1.29 is 0 Å². The van der Waals surface area contributed by atoms with Gasteiger partial charge in [0, 0.05) is 17.1 Å². The van der Waals surface area contributed by atoms with Gasteiger partial charge in [0.1, 0.15) is 0 Å². The molecule has 0 saturated heterocycles. The number of thioether (sulfide) groups is 1. The van der Waals surface area contributed by atoms with Crippen LogP contribution >= 0.6 is 11.8 Å². The fourth-order valence-electron chi connectivity index (χ4n) is 1.57. The lowest BCUT2D eigenvalue weighted by Crippen LogP contribution is -2.23. The van der Waals surface area contributed by atoms with Crippen LogP contribution in [0.5, 0.6) is 0 Å². The zero-order valence-electron chi connectivity index (χ0n) is 11.3. The summed E-state index contributed by atoms with van der Waals surface area (Å²) < 4.78 is 0. The summed E-state index contributed by atoms with van der Waals surface area (Å²) in [5.41, 5.74) is 8.05. The summed E-state index contributed by atoms with van der Waals surface area (Å²) in [6.45, 7) is 9.19. The molecule has 0 spiro atoms. The lowest BCUT2D eigenvalue weighted by Gasteiger charge is -2.21. The Labute approximate surface area is 109 Å². The Morgan fingerprint density at radius 1 is 1.24 bits per heavy atom. The zero-order chi connectivity index (χ0) is 12.9. The highest BCUT2D eigenvalue weighted by Crippen LogP contribution is 2.23. The van der Waals surface area contributed by atoms with E-state index < -0.39 is 0 Å². The molecule has 96 valence electrons. The van der Waals surface area contributed by atoms with Crippen molar-refractivity contribution in [2.24, 2.45) is 11.1 Å². The standard InChI is InChI=1S/C13H23N3S/c1-10-8-11(2)16-12(15-10)17-7-5-6-13(3,4)9-14/h8H,5-7,9,14H2,1-4H3. The molecule has 1 rings (SSSR count). The van der Waals surface area contributed by atoms with E-state index in [2.05, 4.69) is 23.8 Å². The van der Waals surface area contributed by atoms with Crippen LogP contribution in [0.4, 0.5) is 0 Å². The normalized spacial score (nSPS) is 11.8. The van der Waals surface area contributed by atoms with Crippen LogP contribution in [-0.4, -0.2) is 22.3 Å². The van der Waals surface area contributed by atoms with Crippen molar-refractivity contribution in [1.29, 1.82) is 0 Å². The van der Waals surface area contributed by atoms with Gasteiger partial charge in [-0.05, 0) is 44.7 Å². The Morgan fingerprint density at radius 2 is 1.82 bits per heavy atom. The molecule has 2 N–H and O–H groups in total. The van der Waals surface area contributed by atoms with Gasteiger partial charge in [0.05, 0.1) is 0 Å². The number of nitrogens with zero attached hydrogens (tertiary/aromatic N) is 2. The van der Waals surface area contributed by atoms with Crippen molar-refractivity contribution >= 4 is 11.8 Å². The molecule has 17 heavy (non-hydrogen) atoms. The molecule has 1 aromatic heterocycles. The lowest BCUT2D eigenvalue weighted by molar-refractivity contribution is 0.345. The van der Waals surface area contributed by atoms with E-state index in [1.165, 1.54) is 0 Å². The minimum Gasteiger partial charge on any atom is -0.330 e. The van der Waals surface area contributed by atoms with Crippen LogP contribution in [0.1, 0.15) is 38.1 Å². The third kappa shape index (κ3) is 5.50. The Morgan fingerprint density at radius 3 is 2.35 bits per heavy atom. The van der Waals surface area contributed by atoms with E-state index in [-0.39, 0.29) is 5.41 Å². The molecule has 0 aromatic carbocycles. The maximum atomic E-state index is 5.71. The monoisotopic (exact) mass is 253 g/mol. The van der Waals surface area contributed by atoms with Gasteiger partial charge in [-0.15, -0.1) is 0 Å². The minimum absolute atomic E-state index is 0.254. The predicted octanol–water partition coefficient (Wildman–Crippen LogP) is 2.95. The van der Waals surface area contributed by atoms with E-state index in [1.54, 1.807) is 11.8 Å². The molecule has 0 aliphatic carbocycles. The second-order valence-corrected chi connectivity index (χ2v) is 6.32. The second-order valence-electron chi connectivity index (χ2n) is 5.25. The molecular weight excluding hydrogens is 230 g/mol. The van der Waals surface area contributed by atoms with Gasteiger partial charge in [-0.2, -0.15) is 0 Å². The fourth-order valence-corrected chi connectivity index (χ4v) is 2.46. The minimum atomic E-state index is 0.254. The van der Waals surface area contributed by atoms with Gasteiger partial charge >= 0.3 is 0 Å². The molecule has 3 nitrogen and oxygen atoms in total. The smallest absolute Gasteiger partial charge is 0.187 e. The summed E-state index contributed by atoms with van der Waals surface area (Å²) in [5.74, 6) is 1.06. The van der Waals surface area contributed by atoms with Crippen molar-refractivity contribution in [1.82, 2.24) is 9.97 Å². The van der Waals surface area contributed by atoms with Gasteiger partial charge in [-0.25, -0.2) is 9.97 Å². The van der Waals surface area contributed by atoms with E-state index in [0.717, 1.165) is 41.7 Å². The van der Waals surface area contributed by atoms with E-state index in [9.17, 15) is 0 Å². The highest BCUT2D eigenvalue weighted by molar-refractivity contribution is 7.99. The third-order valence-corrected chi connectivity index (χ3v) is 3.68. The van der Waals surface area contributed by atoms with Crippen LogP contribution in [0.3, 0.4) is 0 Å². The lowest BCUT2D eigenvalue weighted by atomic mass is 9.88. The SMILES string of the molecule is Cc1cc(C)nc(SCCCC(C)(C)CN)n1. The van der Waals surface area contributed by atoms with Crippen LogP contribution in [0.15, 0.2) is 11.2 Å². The first kappa shape index (κ1) is 14.5. The number of nitrogens with two attached hydrogens (primary N) is 1. The number of aromatic nitrogens is 2. The highest BCUT2D eigenvalue weighted by atomic mass is 32.2. The first-order valence-electron chi connectivity index (χ1n) is 6.08. The van der Waals surface area contributed by atoms with Gasteiger partial charge in [0.2, 0.25) is 0 Å². The number of hydrogen-bond donors (Lipinski definition) is 1. The first-order valence-corrected chi connectivity index (χ1v) is 7.07. The summed E-state index contributed by atoms with van der Waals surface area (Å²) in [6, 6.07) is 2.00. The van der Waals surface area contributed by atoms with E-state index in [1.807, 2.05) is 19.9 Å². The Hall–Kier alpha value is -0.610. The molecule has 0 aliphatic heterocycles. The maximum absolute atomic E-state index is 5.71. The highest BCUT2D eigenvalue weighted by Gasteiger charge is 2.14.